The third-order valence-corrected chi connectivity index (χ3v) is 3.56. The highest BCUT2D eigenvalue weighted by Crippen LogP contribution is 2.27. The molecule has 23 heavy (non-hydrogen) atoms. The normalized spacial score (nSPS) is 10.2. The molecule has 0 heterocycles. The number of benzene rings is 2. The zero-order valence-electron chi connectivity index (χ0n) is 12.5. The Balaban J connectivity index is 1.93. The highest BCUT2D eigenvalue weighted by molar-refractivity contribution is 6.32. The molecular weight excluding hydrogens is 318 g/mol. The van der Waals surface area contributed by atoms with Gasteiger partial charge in [0, 0.05) is 17.4 Å². The van der Waals surface area contributed by atoms with Crippen LogP contribution in [0.2, 0.25) is 5.02 Å². The van der Waals surface area contributed by atoms with Gasteiger partial charge in [-0.2, -0.15) is 0 Å². The first-order valence-electron chi connectivity index (χ1n) is 7.06. The molecule has 0 bridgehead atoms. The summed E-state index contributed by atoms with van der Waals surface area (Å²) in [5.74, 6) is -0.244. The number of nitro benzene ring substituents is 1. The summed E-state index contributed by atoms with van der Waals surface area (Å²) in [6, 6.07) is 11.9. The number of carbonyl (C=O) groups is 1. The number of halogens is 1. The quantitative estimate of drug-likeness (QED) is 0.621. The number of nitrogens with zero attached hydrogens (tertiary/aromatic N) is 1. The molecule has 0 atom stereocenters. The number of hydrogen-bond acceptors (Lipinski definition) is 4. The molecule has 2 rings (SSSR count). The van der Waals surface area contributed by atoms with Crippen LogP contribution in [0.3, 0.4) is 0 Å². The molecule has 0 aromatic heterocycles. The van der Waals surface area contributed by atoms with E-state index >= 15 is 0 Å². The Hall–Kier alpha value is -2.60. The number of rotatable bonds is 6. The summed E-state index contributed by atoms with van der Waals surface area (Å²) < 4.78 is 0. The molecule has 2 aromatic rings. The Morgan fingerprint density at radius 3 is 2.43 bits per heavy atom. The van der Waals surface area contributed by atoms with Crippen LogP contribution in [0.15, 0.2) is 42.5 Å². The number of amides is 1. The lowest BCUT2D eigenvalue weighted by molar-refractivity contribution is -0.384. The fraction of sp³-hybridized carbons (Fsp3) is 0.188. The van der Waals surface area contributed by atoms with Gasteiger partial charge in [-0.25, -0.2) is 0 Å². The maximum Gasteiger partial charge on any atom is 0.289 e. The van der Waals surface area contributed by atoms with Crippen LogP contribution in [0.1, 0.15) is 12.5 Å². The van der Waals surface area contributed by atoms with Gasteiger partial charge in [-0.1, -0.05) is 30.7 Å². The molecule has 0 saturated carbocycles. The smallest absolute Gasteiger partial charge is 0.289 e. The zero-order valence-corrected chi connectivity index (χ0v) is 13.3. The summed E-state index contributed by atoms with van der Waals surface area (Å²) in [5, 5.41) is 16.5. The fourth-order valence-electron chi connectivity index (χ4n) is 1.97. The SMILES string of the molecule is CCc1ccc(NC(=O)CNc2ccc(Cl)c([N+](=O)[O-])c2)cc1. The van der Waals surface area contributed by atoms with Gasteiger partial charge in [-0.3, -0.25) is 14.9 Å². The van der Waals surface area contributed by atoms with Crippen molar-refractivity contribution in [3.05, 3.63) is 63.2 Å². The van der Waals surface area contributed by atoms with Crippen molar-refractivity contribution in [3.8, 4) is 0 Å². The molecule has 120 valence electrons. The average Bonchev–Trinajstić information content (AvgIpc) is 2.54. The van der Waals surface area contributed by atoms with Crippen molar-refractivity contribution in [1.82, 2.24) is 0 Å². The van der Waals surface area contributed by atoms with Gasteiger partial charge in [0.1, 0.15) is 5.02 Å². The molecule has 0 fully saturated rings. The first-order chi connectivity index (χ1) is 11.0. The van der Waals surface area contributed by atoms with Crippen LogP contribution in [0.5, 0.6) is 0 Å². The van der Waals surface area contributed by atoms with E-state index in [2.05, 4.69) is 17.6 Å². The Morgan fingerprint density at radius 2 is 1.83 bits per heavy atom. The predicted molar refractivity (Wildman–Crippen MR) is 91.0 cm³/mol. The molecule has 7 heteroatoms. The van der Waals surface area contributed by atoms with Crippen molar-refractivity contribution >= 4 is 34.6 Å². The van der Waals surface area contributed by atoms with Crippen LogP contribution in [-0.4, -0.2) is 17.4 Å². The van der Waals surface area contributed by atoms with Gasteiger partial charge in [0.05, 0.1) is 11.5 Å². The molecule has 0 unspecified atom stereocenters. The van der Waals surface area contributed by atoms with Crippen molar-refractivity contribution in [2.75, 3.05) is 17.2 Å². The third-order valence-electron chi connectivity index (χ3n) is 3.24. The van der Waals surface area contributed by atoms with Gasteiger partial charge < -0.3 is 10.6 Å². The third kappa shape index (κ3) is 4.69. The number of hydrogen-bond donors (Lipinski definition) is 2. The van der Waals surface area contributed by atoms with E-state index in [0.29, 0.717) is 11.4 Å². The van der Waals surface area contributed by atoms with E-state index in [0.717, 1.165) is 6.42 Å². The minimum atomic E-state index is -0.567. The van der Waals surface area contributed by atoms with Gasteiger partial charge in [0.25, 0.3) is 5.69 Å². The molecule has 0 aliphatic carbocycles. The molecule has 0 aliphatic rings. The molecule has 0 aliphatic heterocycles. The van der Waals surface area contributed by atoms with Gasteiger partial charge >= 0.3 is 0 Å². The highest BCUT2D eigenvalue weighted by Gasteiger charge is 2.13. The van der Waals surface area contributed by atoms with Crippen LogP contribution >= 0.6 is 11.6 Å². The molecule has 0 spiro atoms. The van der Waals surface area contributed by atoms with Crippen LogP contribution < -0.4 is 10.6 Å². The van der Waals surface area contributed by atoms with Crippen molar-refractivity contribution < 1.29 is 9.72 Å². The summed E-state index contributed by atoms with van der Waals surface area (Å²) in [4.78, 5) is 22.1. The summed E-state index contributed by atoms with van der Waals surface area (Å²) in [6.07, 6.45) is 0.936. The van der Waals surface area contributed by atoms with Gasteiger partial charge in [-0.05, 0) is 36.2 Å². The number of aryl methyl sites for hydroxylation is 1. The number of nitrogens with one attached hydrogen (secondary N) is 2. The summed E-state index contributed by atoms with van der Waals surface area (Å²) in [6.45, 7) is 2.05. The predicted octanol–water partition coefficient (Wildman–Crippen LogP) is 3.86. The minimum Gasteiger partial charge on any atom is -0.376 e. The molecule has 0 radical (unpaired) electrons. The van der Waals surface area contributed by atoms with Crippen molar-refractivity contribution in [2.45, 2.75) is 13.3 Å². The lowest BCUT2D eigenvalue weighted by Gasteiger charge is -2.08. The average molecular weight is 334 g/mol. The lowest BCUT2D eigenvalue weighted by Crippen LogP contribution is -2.21. The van der Waals surface area contributed by atoms with E-state index in [-0.39, 0.29) is 23.2 Å². The van der Waals surface area contributed by atoms with E-state index in [1.807, 2.05) is 24.3 Å². The van der Waals surface area contributed by atoms with E-state index < -0.39 is 4.92 Å². The maximum atomic E-state index is 11.9. The van der Waals surface area contributed by atoms with E-state index in [1.54, 1.807) is 6.07 Å². The number of anilines is 2. The Labute approximate surface area is 138 Å². The van der Waals surface area contributed by atoms with E-state index in [4.69, 9.17) is 11.6 Å². The van der Waals surface area contributed by atoms with Crippen molar-refractivity contribution in [3.63, 3.8) is 0 Å². The Morgan fingerprint density at radius 1 is 1.17 bits per heavy atom. The van der Waals surface area contributed by atoms with Gasteiger partial charge in [-0.15, -0.1) is 0 Å². The fourth-order valence-corrected chi connectivity index (χ4v) is 2.16. The van der Waals surface area contributed by atoms with Crippen molar-refractivity contribution in [2.24, 2.45) is 0 Å². The second-order valence-corrected chi connectivity index (χ2v) is 5.28. The van der Waals surface area contributed by atoms with Crippen LogP contribution in [0.25, 0.3) is 0 Å². The summed E-state index contributed by atoms with van der Waals surface area (Å²) in [7, 11) is 0. The lowest BCUT2D eigenvalue weighted by atomic mass is 10.1. The van der Waals surface area contributed by atoms with Gasteiger partial charge in [0.2, 0.25) is 5.91 Å². The molecule has 2 aromatic carbocycles. The van der Waals surface area contributed by atoms with E-state index in [1.165, 1.54) is 17.7 Å². The second-order valence-electron chi connectivity index (χ2n) is 4.88. The maximum absolute atomic E-state index is 11.9. The van der Waals surface area contributed by atoms with Gasteiger partial charge in [0.15, 0.2) is 0 Å². The Kier molecular flexibility index (Phi) is 5.54. The molecule has 0 saturated heterocycles. The standard InChI is InChI=1S/C16H16ClN3O3/c1-2-11-3-5-12(6-4-11)19-16(21)10-18-13-7-8-14(17)15(9-13)20(22)23/h3-9,18H,2,10H2,1H3,(H,19,21). The summed E-state index contributed by atoms with van der Waals surface area (Å²) in [5.41, 5.74) is 2.15. The highest BCUT2D eigenvalue weighted by atomic mass is 35.5. The molecule has 6 nitrogen and oxygen atoms in total. The minimum absolute atomic E-state index is 0.00564. The first kappa shape index (κ1) is 16.8. The molecule has 2 N–H and O–H groups in total. The van der Waals surface area contributed by atoms with Crippen LogP contribution in [-0.2, 0) is 11.2 Å². The largest absolute Gasteiger partial charge is 0.376 e. The molecular formula is C16H16ClN3O3. The number of nitro groups is 1. The monoisotopic (exact) mass is 333 g/mol. The first-order valence-corrected chi connectivity index (χ1v) is 7.44. The topological polar surface area (TPSA) is 84.3 Å². The van der Waals surface area contributed by atoms with Crippen molar-refractivity contribution in [1.29, 1.82) is 0 Å². The Bertz CT molecular complexity index is 717. The zero-order chi connectivity index (χ0) is 16.8. The van der Waals surface area contributed by atoms with E-state index in [9.17, 15) is 14.9 Å². The second kappa shape index (κ2) is 7.60. The van der Waals surface area contributed by atoms with Crippen LogP contribution in [0.4, 0.5) is 17.1 Å². The summed E-state index contributed by atoms with van der Waals surface area (Å²) >= 11 is 5.74. The number of carbonyl (C=O) groups excluding carboxylic acids is 1. The molecule has 1 amide bonds. The van der Waals surface area contributed by atoms with Crippen LogP contribution in [0, 0.1) is 10.1 Å².